The first kappa shape index (κ1) is 16.6. The van der Waals surface area contributed by atoms with Gasteiger partial charge in [-0.05, 0) is 48.4 Å². The van der Waals surface area contributed by atoms with E-state index in [4.69, 9.17) is 26.8 Å². The summed E-state index contributed by atoms with van der Waals surface area (Å²) in [6.07, 6.45) is 0. The average Bonchev–Trinajstić information content (AvgIpc) is 2.54. The van der Waals surface area contributed by atoms with E-state index in [1.54, 1.807) is 7.11 Å². The maximum atomic E-state index is 9.17. The van der Waals surface area contributed by atoms with Crippen molar-refractivity contribution < 1.29 is 14.6 Å². The minimum atomic E-state index is -0.414. The Morgan fingerprint density at radius 3 is 2.64 bits per heavy atom. The normalized spacial score (nSPS) is 12.0. The fourth-order valence-corrected chi connectivity index (χ4v) is 2.23. The van der Waals surface area contributed by atoms with Gasteiger partial charge >= 0.3 is 0 Å². The van der Waals surface area contributed by atoms with E-state index in [0.29, 0.717) is 11.6 Å². The molecule has 0 amide bonds. The van der Waals surface area contributed by atoms with Gasteiger partial charge in [0.1, 0.15) is 18.1 Å². The lowest BCUT2D eigenvalue weighted by Crippen LogP contribution is -2.15. The molecule has 0 fully saturated rings. The second kappa shape index (κ2) is 7.49. The molecule has 0 unspecified atom stereocenters. The number of aliphatic hydroxyl groups excluding tert-OH is 1. The minimum Gasteiger partial charge on any atom is -0.496 e. The van der Waals surface area contributed by atoms with Crippen molar-refractivity contribution in [3.05, 3.63) is 58.1 Å². The SMILES string of the molecule is COc1ccc([C@H](N)CO)cc1COc1ccc(Cl)c(C)c1. The zero-order valence-corrected chi connectivity index (χ0v) is 13.4. The van der Waals surface area contributed by atoms with Crippen LogP contribution in [0.15, 0.2) is 36.4 Å². The maximum absolute atomic E-state index is 9.17. The molecule has 118 valence electrons. The van der Waals surface area contributed by atoms with Gasteiger partial charge in [-0.3, -0.25) is 0 Å². The van der Waals surface area contributed by atoms with Crippen molar-refractivity contribution in [2.75, 3.05) is 13.7 Å². The molecule has 3 N–H and O–H groups in total. The Morgan fingerprint density at radius 1 is 1.23 bits per heavy atom. The highest BCUT2D eigenvalue weighted by atomic mass is 35.5. The summed E-state index contributed by atoms with van der Waals surface area (Å²) >= 11 is 6.00. The number of rotatable bonds is 6. The number of nitrogens with two attached hydrogens (primary N) is 1. The van der Waals surface area contributed by atoms with Gasteiger partial charge in [0, 0.05) is 10.6 Å². The summed E-state index contributed by atoms with van der Waals surface area (Å²) in [5.74, 6) is 1.46. The third-order valence-electron chi connectivity index (χ3n) is 3.45. The van der Waals surface area contributed by atoms with Gasteiger partial charge in [0.15, 0.2) is 0 Å². The van der Waals surface area contributed by atoms with Crippen molar-refractivity contribution in [2.45, 2.75) is 19.6 Å². The molecule has 0 radical (unpaired) electrons. The molecule has 0 saturated carbocycles. The van der Waals surface area contributed by atoms with E-state index >= 15 is 0 Å². The molecule has 22 heavy (non-hydrogen) atoms. The van der Waals surface area contributed by atoms with Crippen LogP contribution in [-0.2, 0) is 6.61 Å². The lowest BCUT2D eigenvalue weighted by molar-refractivity contribution is 0.267. The highest BCUT2D eigenvalue weighted by molar-refractivity contribution is 6.31. The Morgan fingerprint density at radius 2 is 2.00 bits per heavy atom. The second-order valence-electron chi connectivity index (χ2n) is 5.06. The van der Waals surface area contributed by atoms with Gasteiger partial charge in [0.2, 0.25) is 0 Å². The van der Waals surface area contributed by atoms with E-state index in [1.807, 2.05) is 43.3 Å². The van der Waals surface area contributed by atoms with Crippen LogP contribution in [0.2, 0.25) is 5.02 Å². The van der Waals surface area contributed by atoms with Gasteiger partial charge in [-0.1, -0.05) is 17.7 Å². The van der Waals surface area contributed by atoms with E-state index in [-0.39, 0.29) is 6.61 Å². The standard InChI is InChI=1S/C17H20ClNO3/c1-11-7-14(4-5-15(11)18)22-10-13-8-12(16(19)9-20)3-6-17(13)21-2/h3-8,16,20H,9-10,19H2,1-2H3/t16-/m1/s1. The summed E-state index contributed by atoms with van der Waals surface area (Å²) in [7, 11) is 1.61. The van der Waals surface area contributed by atoms with Crippen LogP contribution in [0.25, 0.3) is 0 Å². The molecule has 2 rings (SSSR count). The zero-order valence-electron chi connectivity index (χ0n) is 12.7. The second-order valence-corrected chi connectivity index (χ2v) is 5.47. The molecule has 0 saturated heterocycles. The number of methoxy groups -OCH3 is 1. The van der Waals surface area contributed by atoms with Gasteiger partial charge < -0.3 is 20.3 Å². The first-order valence-corrected chi connectivity index (χ1v) is 7.35. The summed E-state index contributed by atoms with van der Waals surface area (Å²) in [5.41, 5.74) is 8.53. The van der Waals surface area contributed by atoms with Crippen LogP contribution in [0.5, 0.6) is 11.5 Å². The average molecular weight is 322 g/mol. The molecule has 0 aromatic heterocycles. The lowest BCUT2D eigenvalue weighted by Gasteiger charge is -2.15. The molecule has 2 aromatic carbocycles. The topological polar surface area (TPSA) is 64.7 Å². The molecule has 0 bridgehead atoms. The summed E-state index contributed by atoms with van der Waals surface area (Å²) in [6.45, 7) is 2.16. The molecule has 0 aliphatic rings. The van der Waals surface area contributed by atoms with Crippen LogP contribution in [0, 0.1) is 6.92 Å². The third kappa shape index (κ3) is 3.91. The van der Waals surface area contributed by atoms with E-state index in [0.717, 1.165) is 28.2 Å². The number of ether oxygens (including phenoxy) is 2. The molecule has 0 aliphatic heterocycles. The number of halogens is 1. The first-order valence-electron chi connectivity index (χ1n) is 6.97. The molecular weight excluding hydrogens is 302 g/mol. The maximum Gasteiger partial charge on any atom is 0.125 e. The summed E-state index contributed by atoms with van der Waals surface area (Å²) < 4.78 is 11.1. The van der Waals surface area contributed by atoms with Crippen LogP contribution in [0.4, 0.5) is 0 Å². The van der Waals surface area contributed by atoms with E-state index in [9.17, 15) is 5.11 Å². The smallest absolute Gasteiger partial charge is 0.125 e. The van der Waals surface area contributed by atoms with Crippen molar-refractivity contribution >= 4 is 11.6 Å². The Hall–Kier alpha value is -1.75. The quantitative estimate of drug-likeness (QED) is 0.857. The van der Waals surface area contributed by atoms with Crippen molar-refractivity contribution in [2.24, 2.45) is 5.73 Å². The number of aliphatic hydroxyl groups is 1. The lowest BCUT2D eigenvalue weighted by atomic mass is 10.0. The summed E-state index contributed by atoms with van der Waals surface area (Å²) in [4.78, 5) is 0. The highest BCUT2D eigenvalue weighted by Crippen LogP contribution is 2.26. The van der Waals surface area contributed by atoms with Crippen LogP contribution in [0.1, 0.15) is 22.7 Å². The van der Waals surface area contributed by atoms with Crippen molar-refractivity contribution in [3.8, 4) is 11.5 Å². The van der Waals surface area contributed by atoms with Gasteiger partial charge in [-0.2, -0.15) is 0 Å². The molecule has 1 atom stereocenters. The predicted molar refractivity (Wildman–Crippen MR) is 87.5 cm³/mol. The fourth-order valence-electron chi connectivity index (χ4n) is 2.12. The van der Waals surface area contributed by atoms with E-state index in [2.05, 4.69) is 0 Å². The van der Waals surface area contributed by atoms with Gasteiger partial charge in [0.05, 0.1) is 19.8 Å². The van der Waals surface area contributed by atoms with Crippen LogP contribution in [0.3, 0.4) is 0 Å². The Balaban J connectivity index is 2.18. The molecule has 0 heterocycles. The van der Waals surface area contributed by atoms with Crippen molar-refractivity contribution in [1.82, 2.24) is 0 Å². The van der Waals surface area contributed by atoms with Gasteiger partial charge in [0.25, 0.3) is 0 Å². The van der Waals surface area contributed by atoms with Gasteiger partial charge in [-0.15, -0.1) is 0 Å². The van der Waals surface area contributed by atoms with Crippen molar-refractivity contribution in [3.63, 3.8) is 0 Å². The number of hydrogen-bond acceptors (Lipinski definition) is 4. The van der Waals surface area contributed by atoms with Crippen LogP contribution < -0.4 is 15.2 Å². The number of benzene rings is 2. The molecule has 0 spiro atoms. The Bertz CT molecular complexity index is 646. The summed E-state index contributed by atoms with van der Waals surface area (Å²) in [5, 5.41) is 9.88. The van der Waals surface area contributed by atoms with Crippen LogP contribution >= 0.6 is 11.6 Å². The molecule has 5 heteroatoms. The highest BCUT2D eigenvalue weighted by Gasteiger charge is 2.10. The number of aryl methyl sites for hydroxylation is 1. The first-order chi connectivity index (χ1) is 10.5. The van der Waals surface area contributed by atoms with Gasteiger partial charge in [-0.25, -0.2) is 0 Å². The predicted octanol–water partition coefficient (Wildman–Crippen LogP) is 3.23. The number of hydrogen-bond donors (Lipinski definition) is 2. The molecule has 2 aromatic rings. The third-order valence-corrected chi connectivity index (χ3v) is 3.88. The minimum absolute atomic E-state index is 0.108. The zero-order chi connectivity index (χ0) is 16.1. The largest absolute Gasteiger partial charge is 0.496 e. The molecular formula is C17H20ClNO3. The Labute approximate surface area is 135 Å². The summed E-state index contributed by atoms with van der Waals surface area (Å²) in [6, 6.07) is 10.7. The van der Waals surface area contributed by atoms with E-state index in [1.165, 1.54) is 0 Å². The van der Waals surface area contributed by atoms with Crippen molar-refractivity contribution in [1.29, 1.82) is 0 Å². The fraction of sp³-hybridized carbons (Fsp3) is 0.294. The van der Waals surface area contributed by atoms with E-state index < -0.39 is 6.04 Å². The molecule has 0 aliphatic carbocycles. The molecule has 4 nitrogen and oxygen atoms in total. The Kier molecular flexibility index (Phi) is 5.66. The monoisotopic (exact) mass is 321 g/mol. The van der Waals surface area contributed by atoms with Crippen LogP contribution in [-0.4, -0.2) is 18.8 Å².